The summed E-state index contributed by atoms with van der Waals surface area (Å²) >= 11 is 0. The van der Waals surface area contributed by atoms with Crippen LogP contribution in [-0.4, -0.2) is 30.4 Å². The van der Waals surface area contributed by atoms with Crippen LogP contribution in [0.1, 0.15) is 90.0 Å². The number of aliphatic hydroxyl groups is 1. The fourth-order valence-corrected chi connectivity index (χ4v) is 3.37. The van der Waals surface area contributed by atoms with Gasteiger partial charge in [-0.1, -0.05) is 76.3 Å². The van der Waals surface area contributed by atoms with Gasteiger partial charge in [0.1, 0.15) is 25.1 Å². The van der Waals surface area contributed by atoms with Crippen LogP contribution in [0.25, 0.3) is 0 Å². The SMILES string of the molecule is C=C(C)C(=O)OCC(O)COc1cccc(CCCCCCC/C=C\CCCCCC)c1. The van der Waals surface area contributed by atoms with Gasteiger partial charge in [-0.05, 0) is 63.1 Å². The van der Waals surface area contributed by atoms with Gasteiger partial charge in [0.25, 0.3) is 0 Å². The second-order valence-corrected chi connectivity index (χ2v) is 8.62. The van der Waals surface area contributed by atoms with Crippen LogP contribution in [0.4, 0.5) is 0 Å². The van der Waals surface area contributed by atoms with Crippen molar-refractivity contribution < 1.29 is 19.4 Å². The van der Waals surface area contributed by atoms with Crippen molar-refractivity contribution in [2.75, 3.05) is 13.2 Å². The summed E-state index contributed by atoms with van der Waals surface area (Å²) in [5, 5.41) is 9.91. The average molecular weight is 445 g/mol. The summed E-state index contributed by atoms with van der Waals surface area (Å²) in [5.74, 6) is 0.231. The standard InChI is InChI=1S/C28H44O4/c1-4-5-6-7-8-9-10-11-12-13-14-15-16-18-25-19-17-20-27(21-25)31-22-26(29)23-32-28(30)24(2)3/h9-10,17,19-21,26,29H,2,4-8,11-16,18,22-23H2,1,3H3/b10-9-. The third-order valence-electron chi connectivity index (χ3n) is 5.32. The van der Waals surface area contributed by atoms with Crippen LogP contribution < -0.4 is 4.74 Å². The summed E-state index contributed by atoms with van der Waals surface area (Å²) in [5.41, 5.74) is 1.56. The van der Waals surface area contributed by atoms with Crippen molar-refractivity contribution in [2.24, 2.45) is 0 Å². The molecule has 1 aromatic rings. The second-order valence-electron chi connectivity index (χ2n) is 8.62. The maximum Gasteiger partial charge on any atom is 0.333 e. The Bertz CT molecular complexity index is 665. The van der Waals surface area contributed by atoms with Crippen molar-refractivity contribution in [1.29, 1.82) is 0 Å². The van der Waals surface area contributed by atoms with Gasteiger partial charge in [-0.25, -0.2) is 4.79 Å². The minimum Gasteiger partial charge on any atom is -0.491 e. The zero-order chi connectivity index (χ0) is 23.4. The molecule has 180 valence electrons. The van der Waals surface area contributed by atoms with E-state index in [1.54, 1.807) is 6.92 Å². The number of ether oxygens (including phenoxy) is 2. The van der Waals surface area contributed by atoms with E-state index in [-0.39, 0.29) is 13.2 Å². The molecule has 0 amide bonds. The van der Waals surface area contributed by atoms with Crippen molar-refractivity contribution >= 4 is 5.97 Å². The number of carbonyl (C=O) groups excluding carboxylic acids is 1. The molecule has 0 radical (unpaired) electrons. The van der Waals surface area contributed by atoms with Crippen LogP contribution in [-0.2, 0) is 16.0 Å². The van der Waals surface area contributed by atoms with E-state index in [4.69, 9.17) is 9.47 Å². The Balaban J connectivity index is 2.09. The predicted octanol–water partition coefficient (Wildman–Crippen LogP) is 6.96. The van der Waals surface area contributed by atoms with Gasteiger partial charge in [-0.15, -0.1) is 0 Å². The monoisotopic (exact) mass is 444 g/mol. The number of rotatable bonds is 19. The quantitative estimate of drug-likeness (QED) is 0.108. The minimum absolute atomic E-state index is 0.0834. The molecular weight excluding hydrogens is 400 g/mol. The number of esters is 1. The summed E-state index contributed by atoms with van der Waals surface area (Å²) in [4.78, 5) is 11.4. The molecule has 0 saturated heterocycles. The van der Waals surface area contributed by atoms with Crippen molar-refractivity contribution in [3.05, 3.63) is 54.1 Å². The van der Waals surface area contributed by atoms with E-state index in [1.807, 2.05) is 18.2 Å². The van der Waals surface area contributed by atoms with Gasteiger partial charge in [0.2, 0.25) is 0 Å². The lowest BCUT2D eigenvalue weighted by molar-refractivity contribution is -0.142. The first kappa shape index (κ1) is 28.0. The maximum atomic E-state index is 11.4. The number of aryl methyl sites for hydroxylation is 1. The molecule has 1 unspecified atom stereocenters. The van der Waals surface area contributed by atoms with Crippen molar-refractivity contribution in [3.8, 4) is 5.75 Å². The van der Waals surface area contributed by atoms with Gasteiger partial charge in [0.15, 0.2) is 0 Å². The lowest BCUT2D eigenvalue weighted by Gasteiger charge is -2.13. The van der Waals surface area contributed by atoms with Gasteiger partial charge in [-0.2, -0.15) is 0 Å². The second kappa shape index (κ2) is 18.5. The van der Waals surface area contributed by atoms with E-state index in [0.717, 1.165) is 12.2 Å². The smallest absolute Gasteiger partial charge is 0.333 e. The molecule has 0 aliphatic carbocycles. The Kier molecular flexibility index (Phi) is 16.2. The van der Waals surface area contributed by atoms with E-state index in [1.165, 1.54) is 76.2 Å². The Morgan fingerprint density at radius 1 is 1.00 bits per heavy atom. The van der Waals surface area contributed by atoms with Crippen molar-refractivity contribution in [1.82, 2.24) is 0 Å². The number of allylic oxidation sites excluding steroid dienone is 2. The maximum absolute atomic E-state index is 11.4. The van der Waals surface area contributed by atoms with Crippen LogP contribution in [0.3, 0.4) is 0 Å². The van der Waals surface area contributed by atoms with E-state index in [2.05, 4.69) is 31.7 Å². The highest BCUT2D eigenvalue weighted by atomic mass is 16.5. The number of aliphatic hydroxyl groups excluding tert-OH is 1. The minimum atomic E-state index is -0.863. The highest BCUT2D eigenvalue weighted by molar-refractivity contribution is 5.86. The van der Waals surface area contributed by atoms with Crippen LogP contribution in [0.15, 0.2) is 48.6 Å². The Hall–Kier alpha value is -2.07. The van der Waals surface area contributed by atoms with Crippen LogP contribution in [0.5, 0.6) is 5.75 Å². The molecule has 0 heterocycles. The molecule has 4 heteroatoms. The summed E-state index contributed by atoms with van der Waals surface area (Å²) in [6.45, 7) is 7.33. The number of unbranched alkanes of at least 4 members (excludes halogenated alkanes) is 9. The summed E-state index contributed by atoms with van der Waals surface area (Å²) in [6.07, 6.45) is 19.0. The fourth-order valence-electron chi connectivity index (χ4n) is 3.37. The molecule has 32 heavy (non-hydrogen) atoms. The molecule has 1 aromatic carbocycles. The third kappa shape index (κ3) is 14.9. The largest absolute Gasteiger partial charge is 0.491 e. The normalized spacial score (nSPS) is 12.1. The van der Waals surface area contributed by atoms with Gasteiger partial charge in [-0.3, -0.25) is 0 Å². The first-order valence-corrected chi connectivity index (χ1v) is 12.4. The summed E-state index contributed by atoms with van der Waals surface area (Å²) < 4.78 is 10.6. The van der Waals surface area contributed by atoms with Crippen LogP contribution in [0.2, 0.25) is 0 Å². The van der Waals surface area contributed by atoms with Gasteiger partial charge in [0.05, 0.1) is 0 Å². The lowest BCUT2D eigenvalue weighted by Crippen LogP contribution is -2.25. The molecule has 0 saturated carbocycles. The van der Waals surface area contributed by atoms with Gasteiger partial charge >= 0.3 is 5.97 Å². The first-order chi connectivity index (χ1) is 15.5. The van der Waals surface area contributed by atoms with E-state index in [9.17, 15) is 9.90 Å². The number of benzene rings is 1. The molecule has 0 aromatic heterocycles. The predicted molar refractivity (Wildman–Crippen MR) is 133 cm³/mol. The highest BCUT2D eigenvalue weighted by Gasteiger charge is 2.10. The first-order valence-electron chi connectivity index (χ1n) is 12.4. The zero-order valence-corrected chi connectivity index (χ0v) is 20.3. The summed E-state index contributed by atoms with van der Waals surface area (Å²) in [6, 6.07) is 8.00. The average Bonchev–Trinajstić information content (AvgIpc) is 2.79. The zero-order valence-electron chi connectivity index (χ0n) is 20.3. The molecule has 0 fully saturated rings. The Labute approximate surface area is 195 Å². The Morgan fingerprint density at radius 3 is 2.34 bits per heavy atom. The topological polar surface area (TPSA) is 55.8 Å². The van der Waals surface area contributed by atoms with E-state index >= 15 is 0 Å². The molecule has 0 spiro atoms. The fraction of sp³-hybridized carbons (Fsp3) is 0.607. The van der Waals surface area contributed by atoms with E-state index < -0.39 is 12.1 Å². The van der Waals surface area contributed by atoms with Gasteiger partial charge in [0, 0.05) is 5.57 Å². The molecule has 4 nitrogen and oxygen atoms in total. The van der Waals surface area contributed by atoms with Crippen LogP contribution in [0, 0.1) is 0 Å². The number of carbonyl (C=O) groups is 1. The number of hydrogen-bond acceptors (Lipinski definition) is 4. The van der Waals surface area contributed by atoms with E-state index in [0.29, 0.717) is 5.57 Å². The highest BCUT2D eigenvalue weighted by Crippen LogP contribution is 2.17. The lowest BCUT2D eigenvalue weighted by atomic mass is 10.0. The Morgan fingerprint density at radius 2 is 1.66 bits per heavy atom. The molecule has 0 bridgehead atoms. The third-order valence-corrected chi connectivity index (χ3v) is 5.32. The summed E-state index contributed by atoms with van der Waals surface area (Å²) in [7, 11) is 0. The van der Waals surface area contributed by atoms with Crippen molar-refractivity contribution in [3.63, 3.8) is 0 Å². The molecule has 1 N–H and O–H groups in total. The number of hydrogen-bond donors (Lipinski definition) is 1. The molecule has 1 rings (SSSR count). The van der Waals surface area contributed by atoms with Crippen LogP contribution >= 0.6 is 0 Å². The molecular formula is C28H44O4. The van der Waals surface area contributed by atoms with Gasteiger partial charge < -0.3 is 14.6 Å². The van der Waals surface area contributed by atoms with Crippen molar-refractivity contribution in [2.45, 2.75) is 97.0 Å². The molecule has 0 aliphatic heterocycles. The molecule has 0 aliphatic rings. The molecule has 1 atom stereocenters.